The molecule has 3 N–H and O–H groups in total. The van der Waals surface area contributed by atoms with Crippen LogP contribution in [0.2, 0.25) is 0 Å². The molecule has 1 fully saturated rings. The van der Waals surface area contributed by atoms with E-state index in [0.717, 1.165) is 22.0 Å². The lowest BCUT2D eigenvalue weighted by Crippen LogP contribution is -2.30. The number of fused-ring (bicyclic) bond motifs is 1. The maximum Gasteiger partial charge on any atom is 0.0998 e. The van der Waals surface area contributed by atoms with E-state index in [-0.39, 0.29) is 0 Å². The van der Waals surface area contributed by atoms with Crippen LogP contribution in [0.3, 0.4) is 0 Å². The summed E-state index contributed by atoms with van der Waals surface area (Å²) < 4.78 is 0. The van der Waals surface area contributed by atoms with E-state index in [1.807, 2.05) is 30.3 Å². The Labute approximate surface area is 113 Å². The highest BCUT2D eigenvalue weighted by atomic mass is 15.0. The Morgan fingerprint density at radius 1 is 1.21 bits per heavy atom. The smallest absolute Gasteiger partial charge is 0.0998 e. The van der Waals surface area contributed by atoms with Crippen molar-refractivity contribution in [3.05, 3.63) is 42.0 Å². The van der Waals surface area contributed by atoms with Gasteiger partial charge in [0.1, 0.15) is 0 Å². The van der Waals surface area contributed by atoms with Crippen molar-refractivity contribution in [1.82, 2.24) is 0 Å². The Morgan fingerprint density at radius 3 is 2.58 bits per heavy atom. The van der Waals surface area contributed by atoms with Crippen molar-refractivity contribution in [2.45, 2.75) is 18.9 Å². The van der Waals surface area contributed by atoms with Crippen LogP contribution in [0.5, 0.6) is 0 Å². The molecule has 0 saturated heterocycles. The first-order valence-corrected chi connectivity index (χ1v) is 6.72. The zero-order chi connectivity index (χ0) is 13.2. The highest BCUT2D eigenvalue weighted by molar-refractivity contribution is 5.97. The number of rotatable bonds is 4. The van der Waals surface area contributed by atoms with Crippen molar-refractivity contribution in [2.24, 2.45) is 11.7 Å². The first-order chi connectivity index (χ1) is 9.33. The van der Waals surface area contributed by atoms with Crippen LogP contribution in [0.15, 0.2) is 36.4 Å². The largest absolute Gasteiger partial charge is 0.380 e. The van der Waals surface area contributed by atoms with Gasteiger partial charge in [0, 0.05) is 29.0 Å². The second-order valence-electron chi connectivity index (χ2n) is 5.14. The van der Waals surface area contributed by atoms with Gasteiger partial charge < -0.3 is 11.1 Å². The standard InChI is InChI=1S/C16H17N3/c17-9-12-7-8-15(14-4-2-1-3-13(12)14)19-16(10-18)11-5-6-11/h1-4,7-8,11,16,19H,5-6,10,18H2. The van der Waals surface area contributed by atoms with Gasteiger partial charge in [-0.1, -0.05) is 24.3 Å². The summed E-state index contributed by atoms with van der Waals surface area (Å²) in [6.45, 7) is 0.652. The molecule has 2 aromatic rings. The highest BCUT2D eigenvalue weighted by Crippen LogP contribution is 2.35. The lowest BCUT2D eigenvalue weighted by Gasteiger charge is -2.19. The zero-order valence-corrected chi connectivity index (χ0v) is 10.8. The number of nitriles is 1. The zero-order valence-electron chi connectivity index (χ0n) is 10.8. The van der Waals surface area contributed by atoms with E-state index < -0.39 is 0 Å². The maximum absolute atomic E-state index is 9.16. The fourth-order valence-corrected chi connectivity index (χ4v) is 2.59. The summed E-state index contributed by atoms with van der Waals surface area (Å²) in [4.78, 5) is 0. The molecule has 0 radical (unpaired) electrons. The summed E-state index contributed by atoms with van der Waals surface area (Å²) in [6.07, 6.45) is 2.53. The van der Waals surface area contributed by atoms with Crippen molar-refractivity contribution in [1.29, 1.82) is 5.26 Å². The Kier molecular flexibility index (Phi) is 3.10. The first-order valence-electron chi connectivity index (χ1n) is 6.72. The van der Waals surface area contributed by atoms with Gasteiger partial charge >= 0.3 is 0 Å². The molecule has 0 amide bonds. The Balaban J connectivity index is 2.02. The predicted molar refractivity (Wildman–Crippen MR) is 77.9 cm³/mol. The third-order valence-electron chi connectivity index (χ3n) is 3.83. The third kappa shape index (κ3) is 2.27. The van der Waals surface area contributed by atoms with Crippen molar-refractivity contribution < 1.29 is 0 Å². The Bertz CT molecular complexity index is 638. The summed E-state index contributed by atoms with van der Waals surface area (Å²) in [5.74, 6) is 0.708. The van der Waals surface area contributed by atoms with Crippen molar-refractivity contribution in [2.75, 3.05) is 11.9 Å². The highest BCUT2D eigenvalue weighted by Gasteiger charge is 2.30. The number of benzene rings is 2. The Morgan fingerprint density at radius 2 is 1.95 bits per heavy atom. The topological polar surface area (TPSA) is 61.8 Å². The van der Waals surface area contributed by atoms with Gasteiger partial charge in [-0.2, -0.15) is 5.26 Å². The van der Waals surface area contributed by atoms with E-state index in [4.69, 9.17) is 11.0 Å². The van der Waals surface area contributed by atoms with Crippen molar-refractivity contribution >= 4 is 16.5 Å². The molecule has 1 unspecified atom stereocenters. The van der Waals surface area contributed by atoms with Crippen molar-refractivity contribution in [3.63, 3.8) is 0 Å². The second-order valence-corrected chi connectivity index (χ2v) is 5.14. The fraction of sp³-hybridized carbons (Fsp3) is 0.312. The van der Waals surface area contributed by atoms with Gasteiger partial charge in [-0.3, -0.25) is 0 Å². The van der Waals surface area contributed by atoms with Crippen LogP contribution in [0.1, 0.15) is 18.4 Å². The molecule has 1 saturated carbocycles. The van der Waals surface area contributed by atoms with Crippen LogP contribution in [0.4, 0.5) is 5.69 Å². The number of hydrogen-bond donors (Lipinski definition) is 2. The summed E-state index contributed by atoms with van der Waals surface area (Å²) in [5.41, 5.74) is 7.65. The molecule has 1 aliphatic carbocycles. The van der Waals surface area contributed by atoms with Gasteiger partial charge in [-0.05, 0) is 30.9 Å². The lowest BCUT2D eigenvalue weighted by molar-refractivity contribution is 0.646. The number of nitrogens with one attached hydrogen (secondary N) is 1. The average Bonchev–Trinajstić information content (AvgIpc) is 3.29. The first kappa shape index (κ1) is 12.0. The summed E-state index contributed by atoms with van der Waals surface area (Å²) in [5, 5.41) is 14.8. The van der Waals surface area contributed by atoms with Crippen LogP contribution in [0.25, 0.3) is 10.8 Å². The van der Waals surface area contributed by atoms with Gasteiger partial charge in [-0.25, -0.2) is 0 Å². The molecular weight excluding hydrogens is 234 g/mol. The van der Waals surface area contributed by atoms with Crippen LogP contribution in [-0.4, -0.2) is 12.6 Å². The molecule has 19 heavy (non-hydrogen) atoms. The monoisotopic (exact) mass is 251 g/mol. The van der Waals surface area contributed by atoms with Crippen LogP contribution < -0.4 is 11.1 Å². The van der Waals surface area contributed by atoms with E-state index in [9.17, 15) is 0 Å². The van der Waals surface area contributed by atoms with Gasteiger partial charge in [0.05, 0.1) is 11.6 Å². The van der Waals surface area contributed by atoms with E-state index in [0.29, 0.717) is 18.5 Å². The van der Waals surface area contributed by atoms with E-state index in [1.165, 1.54) is 12.8 Å². The van der Waals surface area contributed by atoms with E-state index in [2.05, 4.69) is 17.5 Å². The lowest BCUT2D eigenvalue weighted by atomic mass is 10.0. The van der Waals surface area contributed by atoms with Gasteiger partial charge in [0.25, 0.3) is 0 Å². The van der Waals surface area contributed by atoms with Gasteiger partial charge in [0.15, 0.2) is 0 Å². The minimum absolute atomic E-state index is 0.344. The quantitative estimate of drug-likeness (QED) is 0.878. The van der Waals surface area contributed by atoms with E-state index >= 15 is 0 Å². The molecule has 1 aliphatic rings. The number of anilines is 1. The summed E-state index contributed by atoms with van der Waals surface area (Å²) >= 11 is 0. The summed E-state index contributed by atoms with van der Waals surface area (Å²) in [6, 6.07) is 14.5. The average molecular weight is 251 g/mol. The molecule has 0 heterocycles. The molecule has 0 spiro atoms. The van der Waals surface area contributed by atoms with Crippen LogP contribution >= 0.6 is 0 Å². The molecule has 1 atom stereocenters. The molecule has 2 aromatic carbocycles. The normalized spacial score (nSPS) is 16.0. The molecule has 96 valence electrons. The molecule has 3 nitrogen and oxygen atoms in total. The maximum atomic E-state index is 9.16. The number of nitrogens with two attached hydrogens (primary N) is 1. The van der Waals surface area contributed by atoms with Crippen molar-refractivity contribution in [3.8, 4) is 6.07 Å². The molecule has 0 bridgehead atoms. The number of hydrogen-bond acceptors (Lipinski definition) is 3. The van der Waals surface area contributed by atoms with Gasteiger partial charge in [0.2, 0.25) is 0 Å². The molecule has 0 aliphatic heterocycles. The minimum Gasteiger partial charge on any atom is -0.380 e. The summed E-state index contributed by atoms with van der Waals surface area (Å²) in [7, 11) is 0. The minimum atomic E-state index is 0.344. The SMILES string of the molecule is N#Cc1ccc(NC(CN)C2CC2)c2ccccc12. The number of nitrogens with zero attached hydrogens (tertiary/aromatic N) is 1. The second kappa shape index (κ2) is 4.91. The van der Waals surface area contributed by atoms with Gasteiger partial charge in [-0.15, -0.1) is 0 Å². The van der Waals surface area contributed by atoms with E-state index in [1.54, 1.807) is 0 Å². The molecular formula is C16H17N3. The van der Waals surface area contributed by atoms with Crippen LogP contribution in [-0.2, 0) is 0 Å². The Hall–Kier alpha value is -2.05. The fourth-order valence-electron chi connectivity index (χ4n) is 2.59. The molecule has 0 aromatic heterocycles. The predicted octanol–water partition coefficient (Wildman–Crippen LogP) is 2.86. The van der Waals surface area contributed by atoms with Crippen LogP contribution in [0, 0.1) is 17.2 Å². The third-order valence-corrected chi connectivity index (χ3v) is 3.83. The molecule has 3 rings (SSSR count). The molecule has 3 heteroatoms.